The zero-order valence-electron chi connectivity index (χ0n) is 16.9. The van der Waals surface area contributed by atoms with Gasteiger partial charge in [-0.1, -0.05) is 12.1 Å². The van der Waals surface area contributed by atoms with Crippen LogP contribution in [-0.2, 0) is 21.7 Å². The first-order valence-electron chi connectivity index (χ1n) is 9.15. The van der Waals surface area contributed by atoms with Crippen molar-refractivity contribution < 1.29 is 27.8 Å². The van der Waals surface area contributed by atoms with Gasteiger partial charge in [-0.3, -0.25) is 9.36 Å². The number of rotatable bonds is 6. The summed E-state index contributed by atoms with van der Waals surface area (Å²) in [5.41, 5.74) is -4.02. The van der Waals surface area contributed by atoms with Crippen molar-refractivity contribution in [2.24, 2.45) is 0 Å². The van der Waals surface area contributed by atoms with E-state index in [4.69, 9.17) is 4.74 Å². The summed E-state index contributed by atoms with van der Waals surface area (Å²) in [6, 6.07) is 6.80. The van der Waals surface area contributed by atoms with Gasteiger partial charge in [0.2, 0.25) is 0 Å². The average molecular weight is 455 g/mol. The van der Waals surface area contributed by atoms with Crippen molar-refractivity contribution in [1.29, 1.82) is 5.26 Å². The Morgan fingerprint density at radius 2 is 2.06 bits per heavy atom. The topological polar surface area (TPSA) is 104 Å². The molecule has 0 bridgehead atoms. The normalized spacial score (nSPS) is 15.1. The third-order valence-corrected chi connectivity index (χ3v) is 5.51. The van der Waals surface area contributed by atoms with Crippen LogP contribution >= 0.6 is 11.3 Å². The Bertz CT molecular complexity index is 1190. The van der Waals surface area contributed by atoms with Gasteiger partial charge in [0.15, 0.2) is 11.2 Å². The first-order valence-corrected chi connectivity index (χ1v) is 9.97. The second kappa shape index (κ2) is 9.36. The van der Waals surface area contributed by atoms with Crippen LogP contribution in [0.5, 0.6) is 0 Å². The molecule has 11 heteroatoms. The number of alkyl halides is 3. The second-order valence-electron chi connectivity index (χ2n) is 6.47. The summed E-state index contributed by atoms with van der Waals surface area (Å²) in [5, 5.41) is 21.9. The number of carbonyl (C=O) groups excluding carboxylic acids is 1. The van der Waals surface area contributed by atoms with E-state index in [-0.39, 0.29) is 39.2 Å². The Balaban J connectivity index is 2.54. The highest BCUT2D eigenvalue weighted by Crippen LogP contribution is 2.39. The van der Waals surface area contributed by atoms with Crippen molar-refractivity contribution in [3.8, 4) is 6.07 Å². The molecule has 0 fully saturated rings. The van der Waals surface area contributed by atoms with E-state index >= 15 is 0 Å². The fourth-order valence-corrected chi connectivity index (χ4v) is 3.68. The van der Waals surface area contributed by atoms with Crippen molar-refractivity contribution in [2.45, 2.75) is 39.1 Å². The van der Waals surface area contributed by atoms with E-state index in [9.17, 15) is 33.1 Å². The molecule has 0 aliphatic rings. The van der Waals surface area contributed by atoms with Crippen molar-refractivity contribution in [2.75, 3.05) is 11.9 Å². The predicted molar refractivity (Wildman–Crippen MR) is 109 cm³/mol. The first kappa shape index (κ1) is 24.2. The van der Waals surface area contributed by atoms with Gasteiger partial charge in [0.1, 0.15) is 15.3 Å². The molecular weight excluding hydrogens is 435 g/mol. The molecule has 0 aliphatic carbocycles. The van der Waals surface area contributed by atoms with E-state index < -0.39 is 23.3 Å². The monoisotopic (exact) mass is 455 g/mol. The van der Waals surface area contributed by atoms with Gasteiger partial charge >= 0.3 is 12.1 Å². The zero-order chi connectivity index (χ0) is 23.4. The molecule has 166 valence electrons. The molecule has 0 aliphatic heterocycles. The number of halogens is 3. The van der Waals surface area contributed by atoms with Gasteiger partial charge in [0, 0.05) is 18.4 Å². The van der Waals surface area contributed by atoms with Crippen LogP contribution < -0.4 is 20.1 Å². The number of benzene rings is 1. The SMILES string of the molecule is CCOC(=O)C(C#N)=c1sc(=CNc2cccc(C(C)(O)C(F)(F)F)c2)c(=O)n1CC. The summed E-state index contributed by atoms with van der Waals surface area (Å²) in [6.45, 7) is 4.15. The molecule has 1 unspecified atom stereocenters. The van der Waals surface area contributed by atoms with Crippen molar-refractivity contribution in [3.63, 3.8) is 0 Å². The first-order chi connectivity index (χ1) is 14.5. The van der Waals surface area contributed by atoms with Gasteiger partial charge in [0.05, 0.1) is 6.61 Å². The van der Waals surface area contributed by atoms with Crippen molar-refractivity contribution in [3.05, 3.63) is 49.4 Å². The lowest BCUT2D eigenvalue weighted by Crippen LogP contribution is -2.39. The van der Waals surface area contributed by atoms with E-state index in [0.29, 0.717) is 6.92 Å². The molecule has 7 nitrogen and oxygen atoms in total. The minimum atomic E-state index is -4.87. The number of ether oxygens (including phenoxy) is 1. The van der Waals surface area contributed by atoms with Crippen LogP contribution in [0.4, 0.5) is 18.9 Å². The van der Waals surface area contributed by atoms with E-state index in [0.717, 1.165) is 23.5 Å². The van der Waals surface area contributed by atoms with Crippen molar-refractivity contribution in [1.82, 2.24) is 4.57 Å². The quantitative estimate of drug-likeness (QED) is 0.644. The van der Waals surface area contributed by atoms with Crippen molar-refractivity contribution >= 4 is 34.8 Å². The highest BCUT2D eigenvalue weighted by molar-refractivity contribution is 7.07. The van der Waals surface area contributed by atoms with Crippen LogP contribution in [0.1, 0.15) is 26.3 Å². The molecule has 1 atom stereocenters. The summed E-state index contributed by atoms with van der Waals surface area (Å²) in [5.74, 6) is -0.852. The number of anilines is 1. The van der Waals surface area contributed by atoms with E-state index in [1.165, 1.54) is 22.9 Å². The Morgan fingerprint density at radius 3 is 2.61 bits per heavy atom. The lowest BCUT2D eigenvalue weighted by Gasteiger charge is -2.27. The number of carbonyl (C=O) groups is 1. The van der Waals surface area contributed by atoms with Crippen LogP contribution in [0, 0.1) is 11.3 Å². The molecule has 1 aromatic carbocycles. The maximum absolute atomic E-state index is 13.1. The van der Waals surface area contributed by atoms with Crippen LogP contribution in [0.3, 0.4) is 0 Å². The highest BCUT2D eigenvalue weighted by Gasteiger charge is 2.51. The number of nitrogens with one attached hydrogen (secondary N) is 1. The molecule has 31 heavy (non-hydrogen) atoms. The maximum atomic E-state index is 13.1. The maximum Gasteiger partial charge on any atom is 0.421 e. The lowest BCUT2D eigenvalue weighted by atomic mass is 9.95. The number of nitrogens with zero attached hydrogens (tertiary/aromatic N) is 2. The average Bonchev–Trinajstić information content (AvgIpc) is 3.01. The minimum absolute atomic E-state index is 0.0598. The van der Waals surface area contributed by atoms with Gasteiger partial charge in [0.25, 0.3) is 5.56 Å². The highest BCUT2D eigenvalue weighted by atomic mass is 32.1. The fourth-order valence-electron chi connectivity index (χ4n) is 2.60. The minimum Gasteiger partial charge on any atom is -0.462 e. The van der Waals surface area contributed by atoms with Gasteiger partial charge in [-0.25, -0.2) is 4.79 Å². The van der Waals surface area contributed by atoms with Crippen LogP contribution in [-0.4, -0.2) is 28.4 Å². The van der Waals surface area contributed by atoms with Crippen LogP contribution in [0.2, 0.25) is 0 Å². The van der Waals surface area contributed by atoms with Crippen LogP contribution in [0.15, 0.2) is 29.1 Å². The molecule has 0 saturated heterocycles. The van der Waals surface area contributed by atoms with Crippen LogP contribution in [0.25, 0.3) is 11.8 Å². The number of hydrogen-bond acceptors (Lipinski definition) is 7. The summed E-state index contributed by atoms with van der Waals surface area (Å²) in [4.78, 5) is 24.7. The molecular formula is C20H20F3N3O4S. The summed E-state index contributed by atoms with van der Waals surface area (Å²) >= 11 is 0.873. The number of aliphatic hydroxyl groups is 1. The van der Waals surface area contributed by atoms with E-state index in [2.05, 4.69) is 5.32 Å². The number of thiazole rings is 1. The summed E-state index contributed by atoms with van der Waals surface area (Å²) < 4.78 is 45.6. The Hall–Kier alpha value is -3.10. The molecule has 0 amide bonds. The Labute approximate surface area is 179 Å². The molecule has 0 radical (unpaired) electrons. The van der Waals surface area contributed by atoms with E-state index in [1.54, 1.807) is 19.9 Å². The Morgan fingerprint density at radius 1 is 1.39 bits per heavy atom. The third kappa shape index (κ3) is 4.98. The molecule has 2 aromatic rings. The second-order valence-corrected chi connectivity index (χ2v) is 7.50. The van der Waals surface area contributed by atoms with Gasteiger partial charge in [-0.05, 0) is 38.5 Å². The lowest BCUT2D eigenvalue weighted by molar-refractivity contribution is -0.258. The number of nitriles is 1. The number of esters is 1. The molecule has 0 spiro atoms. The summed E-state index contributed by atoms with van der Waals surface area (Å²) in [6.07, 6.45) is -3.60. The number of aromatic nitrogens is 1. The fraction of sp³-hybridized carbons (Fsp3) is 0.350. The number of hydrogen-bond donors (Lipinski definition) is 2. The van der Waals surface area contributed by atoms with Gasteiger partial charge < -0.3 is 15.2 Å². The molecule has 2 rings (SSSR count). The molecule has 1 heterocycles. The van der Waals surface area contributed by atoms with Gasteiger partial charge in [-0.2, -0.15) is 18.4 Å². The predicted octanol–water partition coefficient (Wildman–Crippen LogP) is 1.79. The summed E-state index contributed by atoms with van der Waals surface area (Å²) in [7, 11) is 0. The zero-order valence-corrected chi connectivity index (χ0v) is 17.7. The van der Waals surface area contributed by atoms with E-state index in [1.807, 2.05) is 0 Å². The standard InChI is InChI=1S/C20H20F3N3O4S/c1-4-26-16(27)15(31-17(26)14(10-24)18(28)30-5-2)11-25-13-8-6-7-12(9-13)19(3,29)20(21,22)23/h6-9,11,25,29H,4-5H2,1-3H3. The van der Waals surface area contributed by atoms with Gasteiger partial charge in [-0.15, -0.1) is 11.3 Å². The Kier molecular flexibility index (Phi) is 7.30. The third-order valence-electron chi connectivity index (χ3n) is 4.38. The molecule has 0 saturated carbocycles. The molecule has 2 N–H and O–H groups in total. The smallest absolute Gasteiger partial charge is 0.421 e. The molecule has 1 aromatic heterocycles. The largest absolute Gasteiger partial charge is 0.462 e.